The van der Waals surface area contributed by atoms with Gasteiger partial charge in [0.1, 0.15) is 11.8 Å². The van der Waals surface area contributed by atoms with E-state index in [-0.39, 0.29) is 44.0 Å². The average molecular weight is 720 g/mol. The van der Waals surface area contributed by atoms with Crippen molar-refractivity contribution in [2.45, 2.75) is 232 Å². The summed E-state index contributed by atoms with van der Waals surface area (Å²) in [6.07, 6.45) is 37.1. The summed E-state index contributed by atoms with van der Waals surface area (Å²) in [7, 11) is 0. The van der Waals surface area contributed by atoms with E-state index >= 15 is 0 Å². The molecule has 0 aliphatic heterocycles. The van der Waals surface area contributed by atoms with E-state index < -0.39 is 23.7 Å². The predicted molar refractivity (Wildman–Crippen MR) is 210 cm³/mol. The number of nitrogens with one attached hydrogen (secondary N) is 2. The molecule has 0 aromatic carbocycles. The molecule has 0 fully saturated rings. The normalized spacial score (nSPS) is 12.4. The minimum absolute atomic E-state index is 0.0810. The maximum atomic E-state index is 12.6. The number of Topliss-reactive ketones (excluding diaryl/α,β-unsaturated/α-hetero) is 1. The van der Waals surface area contributed by atoms with Gasteiger partial charge in [0.05, 0.1) is 5.92 Å². The van der Waals surface area contributed by atoms with Gasteiger partial charge >= 0.3 is 5.97 Å². The van der Waals surface area contributed by atoms with Crippen LogP contribution in [0.1, 0.15) is 226 Å². The van der Waals surface area contributed by atoms with Crippen LogP contribution >= 0.6 is 0 Å². The van der Waals surface area contributed by atoms with Crippen LogP contribution in [0.2, 0.25) is 0 Å². The van der Waals surface area contributed by atoms with Gasteiger partial charge in [0, 0.05) is 25.8 Å². The first-order valence-electron chi connectivity index (χ1n) is 21.5. The molecule has 0 heterocycles. The van der Waals surface area contributed by atoms with Gasteiger partial charge in [0.2, 0.25) is 18.1 Å². The summed E-state index contributed by atoms with van der Waals surface area (Å²) >= 11 is 0. The number of carbonyl (C=O) groups is 4. The highest BCUT2D eigenvalue weighted by Crippen LogP contribution is 2.15. The SMILES string of the molecule is CCCCCCCCCCCCCCCCCC(=O)N[C@@H](CCC(=O)C([C]=O)CCNC(=O)CCCCCCCCCCCCCCC)C(=O)O. The number of carboxylic acids is 1. The molecule has 0 spiro atoms. The Kier molecular flexibility index (Phi) is 35.9. The van der Waals surface area contributed by atoms with E-state index in [1.165, 1.54) is 135 Å². The molecule has 51 heavy (non-hydrogen) atoms. The Morgan fingerprint density at radius 2 is 0.843 bits per heavy atom. The van der Waals surface area contributed by atoms with E-state index in [9.17, 15) is 29.1 Å². The highest BCUT2D eigenvalue weighted by molar-refractivity contribution is 5.94. The van der Waals surface area contributed by atoms with Crippen LogP contribution in [0, 0.1) is 5.92 Å². The fourth-order valence-electron chi connectivity index (χ4n) is 6.67. The highest BCUT2D eigenvalue weighted by Gasteiger charge is 2.24. The number of hydrogen-bond donors (Lipinski definition) is 3. The van der Waals surface area contributed by atoms with Crippen molar-refractivity contribution in [3.63, 3.8) is 0 Å². The standard InChI is InChI=1S/C43H79N2O6/c1-3-5-7-9-11-13-15-17-18-20-22-24-26-28-30-32-42(49)45-39(43(50)51)33-34-40(47)38(37-46)35-36-44-41(48)31-29-27-25-23-21-19-16-14-12-10-8-6-4-2/h38-39H,3-36H2,1-2H3,(H,44,48)(H,45,49)(H,50,51)/t38?,39-/m0/s1. The maximum Gasteiger partial charge on any atom is 0.326 e. The summed E-state index contributed by atoms with van der Waals surface area (Å²) in [5.41, 5.74) is 0. The van der Waals surface area contributed by atoms with Crippen LogP contribution in [0.3, 0.4) is 0 Å². The van der Waals surface area contributed by atoms with Crippen LogP contribution in [0.5, 0.6) is 0 Å². The smallest absolute Gasteiger partial charge is 0.326 e. The van der Waals surface area contributed by atoms with Gasteiger partial charge < -0.3 is 15.7 Å². The predicted octanol–water partition coefficient (Wildman–Crippen LogP) is 10.9. The van der Waals surface area contributed by atoms with Crippen molar-refractivity contribution in [1.29, 1.82) is 0 Å². The van der Waals surface area contributed by atoms with Crippen LogP contribution < -0.4 is 10.6 Å². The fourth-order valence-corrected chi connectivity index (χ4v) is 6.67. The van der Waals surface area contributed by atoms with Crippen LogP contribution in [-0.2, 0) is 24.0 Å². The lowest BCUT2D eigenvalue weighted by molar-refractivity contribution is -0.142. The van der Waals surface area contributed by atoms with Crippen molar-refractivity contribution in [2.75, 3.05) is 6.54 Å². The third-order valence-corrected chi connectivity index (χ3v) is 10.1. The second-order valence-electron chi connectivity index (χ2n) is 15.0. The number of hydrogen-bond acceptors (Lipinski definition) is 5. The number of ketones is 1. The van der Waals surface area contributed by atoms with Gasteiger partial charge in [0.15, 0.2) is 0 Å². The molecule has 0 aliphatic rings. The highest BCUT2D eigenvalue weighted by atomic mass is 16.4. The van der Waals surface area contributed by atoms with Crippen molar-refractivity contribution in [1.82, 2.24) is 10.6 Å². The molecule has 0 saturated heterocycles. The molecule has 0 aromatic rings. The fraction of sp³-hybridized carbons (Fsp3) is 0.884. The van der Waals surface area contributed by atoms with Crippen molar-refractivity contribution in [3.8, 4) is 0 Å². The van der Waals surface area contributed by atoms with Crippen molar-refractivity contribution < 1.29 is 29.1 Å². The Morgan fingerprint density at radius 3 is 1.20 bits per heavy atom. The van der Waals surface area contributed by atoms with Gasteiger partial charge in [-0.05, 0) is 25.7 Å². The quantitative estimate of drug-likeness (QED) is 0.0427. The van der Waals surface area contributed by atoms with Crippen molar-refractivity contribution in [2.24, 2.45) is 5.92 Å². The van der Waals surface area contributed by atoms with Crippen LogP contribution in [-0.4, -0.2) is 47.5 Å². The van der Waals surface area contributed by atoms with Crippen LogP contribution in [0.25, 0.3) is 0 Å². The third kappa shape index (κ3) is 33.3. The molecule has 297 valence electrons. The van der Waals surface area contributed by atoms with E-state index in [1.807, 2.05) is 0 Å². The Labute approximate surface area is 313 Å². The Hall–Kier alpha value is -2.25. The van der Waals surface area contributed by atoms with Gasteiger partial charge in [-0.2, -0.15) is 0 Å². The first-order valence-corrected chi connectivity index (χ1v) is 21.5. The molecule has 1 radical (unpaired) electrons. The van der Waals surface area contributed by atoms with Gasteiger partial charge in [-0.15, -0.1) is 0 Å². The maximum absolute atomic E-state index is 12.6. The number of rotatable bonds is 40. The second-order valence-corrected chi connectivity index (χ2v) is 15.0. The molecule has 2 atom stereocenters. The van der Waals surface area contributed by atoms with Gasteiger partial charge in [-0.25, -0.2) is 4.79 Å². The molecule has 0 aliphatic carbocycles. The topological polar surface area (TPSA) is 130 Å². The monoisotopic (exact) mass is 720 g/mol. The molecule has 2 amide bonds. The lowest BCUT2D eigenvalue weighted by Crippen LogP contribution is -2.41. The zero-order chi connectivity index (χ0) is 37.6. The van der Waals surface area contributed by atoms with Crippen molar-refractivity contribution in [3.05, 3.63) is 0 Å². The zero-order valence-corrected chi connectivity index (χ0v) is 33.2. The molecule has 1 unspecified atom stereocenters. The van der Waals surface area contributed by atoms with E-state index in [0.29, 0.717) is 12.8 Å². The number of carboxylic acid groups (broad SMARTS) is 1. The summed E-state index contributed by atoms with van der Waals surface area (Å²) in [5, 5.41) is 14.9. The Morgan fingerprint density at radius 1 is 0.490 bits per heavy atom. The molecular formula is C43H79N2O6. The van der Waals surface area contributed by atoms with E-state index in [1.54, 1.807) is 6.29 Å². The van der Waals surface area contributed by atoms with Gasteiger partial charge in [-0.1, -0.05) is 181 Å². The minimum Gasteiger partial charge on any atom is -0.480 e. The number of aliphatic carboxylic acids is 1. The molecule has 3 N–H and O–H groups in total. The molecule has 8 heteroatoms. The summed E-state index contributed by atoms with van der Waals surface area (Å²) < 4.78 is 0. The van der Waals surface area contributed by atoms with Crippen LogP contribution in [0.4, 0.5) is 0 Å². The lowest BCUT2D eigenvalue weighted by atomic mass is 9.96. The van der Waals surface area contributed by atoms with Crippen molar-refractivity contribution >= 4 is 29.9 Å². The van der Waals surface area contributed by atoms with Crippen LogP contribution in [0.15, 0.2) is 0 Å². The first kappa shape index (κ1) is 48.8. The largest absolute Gasteiger partial charge is 0.480 e. The molecule has 0 aromatic heterocycles. The summed E-state index contributed by atoms with van der Waals surface area (Å²) in [5.74, 6) is -3.04. The van der Waals surface area contributed by atoms with Gasteiger partial charge in [0.25, 0.3) is 0 Å². The zero-order valence-electron chi connectivity index (χ0n) is 33.2. The average Bonchev–Trinajstić information content (AvgIpc) is 3.11. The molecule has 0 bridgehead atoms. The molecule has 0 rings (SSSR count). The van der Waals surface area contributed by atoms with E-state index in [2.05, 4.69) is 24.5 Å². The summed E-state index contributed by atoms with van der Waals surface area (Å²) in [4.78, 5) is 60.4. The molecule has 8 nitrogen and oxygen atoms in total. The Bertz CT molecular complexity index is 863. The van der Waals surface area contributed by atoms with Gasteiger partial charge in [-0.3, -0.25) is 19.2 Å². The Balaban J connectivity index is 3.91. The second kappa shape index (κ2) is 37.5. The minimum atomic E-state index is -1.19. The number of carbonyl (C=O) groups excluding carboxylic acids is 4. The molecule has 0 saturated carbocycles. The summed E-state index contributed by atoms with van der Waals surface area (Å²) in [6, 6.07) is -1.18. The first-order chi connectivity index (χ1) is 24.8. The number of unbranched alkanes of at least 4 members (excludes halogenated alkanes) is 26. The summed E-state index contributed by atoms with van der Waals surface area (Å²) in [6.45, 7) is 4.69. The van der Waals surface area contributed by atoms with E-state index in [0.717, 1.165) is 38.5 Å². The molecular weight excluding hydrogens is 640 g/mol. The lowest BCUT2D eigenvalue weighted by Gasteiger charge is -2.15. The third-order valence-electron chi connectivity index (χ3n) is 10.1. The number of amides is 2. The van der Waals surface area contributed by atoms with E-state index in [4.69, 9.17) is 0 Å².